The van der Waals surface area contributed by atoms with E-state index >= 15 is 0 Å². The van der Waals surface area contributed by atoms with Crippen molar-refractivity contribution in [3.05, 3.63) is 48.3 Å². The Morgan fingerprint density at radius 1 is 1.35 bits per heavy atom. The molecule has 0 radical (unpaired) electrons. The first-order chi connectivity index (χ1) is 11.2. The molecule has 1 atom stereocenters. The highest BCUT2D eigenvalue weighted by Crippen LogP contribution is 1.98. The van der Waals surface area contributed by atoms with Crippen molar-refractivity contribution in [3.63, 3.8) is 0 Å². The highest BCUT2D eigenvalue weighted by molar-refractivity contribution is 5.81. The van der Waals surface area contributed by atoms with Crippen LogP contribution >= 0.6 is 0 Å². The molecule has 0 aliphatic heterocycles. The van der Waals surface area contributed by atoms with Crippen molar-refractivity contribution < 1.29 is 9.90 Å². The van der Waals surface area contributed by atoms with Crippen LogP contribution in [0.4, 0.5) is 0 Å². The van der Waals surface area contributed by atoms with Gasteiger partial charge in [0.05, 0.1) is 12.3 Å². The molecule has 0 saturated heterocycles. The summed E-state index contributed by atoms with van der Waals surface area (Å²) in [6, 6.07) is 4.95. The number of pyridine rings is 1. The summed E-state index contributed by atoms with van der Waals surface area (Å²) in [5, 5.41) is 15.2. The fraction of sp³-hybridized carbons (Fsp3) is 0.438. The quantitative estimate of drug-likeness (QED) is 0.567. The number of amides is 1. The number of aliphatic hydroxyl groups excluding tert-OH is 1. The van der Waals surface area contributed by atoms with Crippen molar-refractivity contribution in [3.8, 4) is 0 Å². The van der Waals surface area contributed by atoms with Crippen LogP contribution in [0.2, 0.25) is 0 Å². The first kappa shape index (κ1) is 17.1. The summed E-state index contributed by atoms with van der Waals surface area (Å²) in [6.07, 6.45) is 6.96. The van der Waals surface area contributed by atoms with Crippen molar-refractivity contribution in [1.82, 2.24) is 25.2 Å². The van der Waals surface area contributed by atoms with Crippen molar-refractivity contribution in [2.45, 2.75) is 25.4 Å². The van der Waals surface area contributed by atoms with Crippen LogP contribution in [-0.4, -0.2) is 44.7 Å². The van der Waals surface area contributed by atoms with E-state index in [2.05, 4.69) is 20.6 Å². The fourth-order valence-electron chi connectivity index (χ4n) is 2.19. The molecule has 2 heterocycles. The Morgan fingerprint density at radius 2 is 2.22 bits per heavy atom. The van der Waals surface area contributed by atoms with E-state index in [1.165, 1.54) is 0 Å². The first-order valence-electron chi connectivity index (χ1n) is 7.68. The topological polar surface area (TPSA) is 92.1 Å². The monoisotopic (exact) mass is 317 g/mol. The van der Waals surface area contributed by atoms with Crippen LogP contribution in [0.5, 0.6) is 0 Å². The Labute approximate surface area is 135 Å². The molecule has 2 aromatic rings. The zero-order valence-electron chi connectivity index (χ0n) is 13.3. The zero-order chi connectivity index (χ0) is 16.5. The number of carbonyl (C=O) groups is 1. The first-order valence-corrected chi connectivity index (χ1v) is 7.68. The van der Waals surface area contributed by atoms with Crippen molar-refractivity contribution in [2.24, 2.45) is 7.05 Å². The Bertz CT molecular complexity index is 600. The van der Waals surface area contributed by atoms with E-state index in [0.717, 1.165) is 24.4 Å². The Kier molecular flexibility index (Phi) is 6.71. The Hall–Kier alpha value is -2.25. The maximum absolute atomic E-state index is 12.0. The molecule has 7 heteroatoms. The number of nitrogens with one attached hydrogen (secondary N) is 2. The maximum Gasteiger partial charge on any atom is 0.239 e. The number of hydrogen-bond donors (Lipinski definition) is 3. The molecule has 1 amide bonds. The highest BCUT2D eigenvalue weighted by atomic mass is 16.3. The summed E-state index contributed by atoms with van der Waals surface area (Å²) in [5.74, 6) is 0.787. The van der Waals surface area contributed by atoms with E-state index in [1.807, 2.05) is 36.0 Å². The molecule has 2 aromatic heterocycles. The Morgan fingerprint density at radius 3 is 2.87 bits per heavy atom. The minimum absolute atomic E-state index is 0.205. The van der Waals surface area contributed by atoms with Gasteiger partial charge in [-0.25, -0.2) is 4.98 Å². The van der Waals surface area contributed by atoms with Crippen LogP contribution in [0.25, 0.3) is 0 Å². The molecule has 23 heavy (non-hydrogen) atoms. The van der Waals surface area contributed by atoms with E-state index in [4.69, 9.17) is 0 Å². The van der Waals surface area contributed by atoms with Gasteiger partial charge in [-0.1, -0.05) is 6.07 Å². The average Bonchev–Trinajstić information content (AvgIpc) is 2.98. The standard InChI is InChI=1S/C16H23N5O2/c1-21-10-9-18-15(21)6-4-8-19-16(23)14(12-22)20-11-13-5-2-3-7-17-13/h2-3,5,7,9-10,14,20,22H,4,6,8,11-12H2,1H3,(H,19,23). The minimum atomic E-state index is -0.634. The van der Waals surface area contributed by atoms with Gasteiger partial charge in [0.1, 0.15) is 11.9 Å². The molecule has 0 aliphatic rings. The summed E-state index contributed by atoms with van der Waals surface area (Å²) >= 11 is 0. The average molecular weight is 317 g/mol. The molecule has 0 aliphatic carbocycles. The van der Waals surface area contributed by atoms with Crippen molar-refractivity contribution >= 4 is 5.91 Å². The normalized spacial score (nSPS) is 12.1. The van der Waals surface area contributed by atoms with Gasteiger partial charge in [-0.3, -0.25) is 15.1 Å². The number of aryl methyl sites for hydroxylation is 2. The molecular formula is C16H23N5O2. The van der Waals surface area contributed by atoms with Crippen LogP contribution in [-0.2, 0) is 24.8 Å². The maximum atomic E-state index is 12.0. The van der Waals surface area contributed by atoms with Gasteiger partial charge in [0.25, 0.3) is 0 Å². The predicted molar refractivity (Wildman–Crippen MR) is 86.5 cm³/mol. The summed E-state index contributed by atoms with van der Waals surface area (Å²) in [5.41, 5.74) is 0.827. The third-order valence-corrected chi connectivity index (χ3v) is 3.55. The second-order valence-electron chi connectivity index (χ2n) is 5.29. The third kappa shape index (κ3) is 5.46. The van der Waals surface area contributed by atoms with E-state index in [-0.39, 0.29) is 12.5 Å². The third-order valence-electron chi connectivity index (χ3n) is 3.55. The smallest absolute Gasteiger partial charge is 0.239 e. The summed E-state index contributed by atoms with van der Waals surface area (Å²) < 4.78 is 1.97. The molecule has 3 N–H and O–H groups in total. The van der Waals surface area contributed by atoms with Crippen LogP contribution in [0, 0.1) is 0 Å². The summed E-state index contributed by atoms with van der Waals surface area (Å²) in [4.78, 5) is 20.5. The molecule has 124 valence electrons. The summed E-state index contributed by atoms with van der Waals surface area (Å²) in [6.45, 7) is 0.734. The molecule has 0 aromatic carbocycles. The van der Waals surface area contributed by atoms with Crippen molar-refractivity contribution in [1.29, 1.82) is 0 Å². The fourth-order valence-corrected chi connectivity index (χ4v) is 2.19. The number of aromatic nitrogens is 3. The lowest BCUT2D eigenvalue weighted by Crippen LogP contribution is -2.46. The van der Waals surface area contributed by atoms with Gasteiger partial charge in [0.2, 0.25) is 5.91 Å². The van der Waals surface area contributed by atoms with Crippen LogP contribution < -0.4 is 10.6 Å². The second kappa shape index (κ2) is 9.02. The number of carbonyl (C=O) groups excluding carboxylic acids is 1. The van der Waals surface area contributed by atoms with E-state index in [0.29, 0.717) is 13.1 Å². The second-order valence-corrected chi connectivity index (χ2v) is 5.29. The van der Waals surface area contributed by atoms with E-state index < -0.39 is 6.04 Å². The number of imidazole rings is 1. The van der Waals surface area contributed by atoms with Crippen LogP contribution in [0.3, 0.4) is 0 Å². The van der Waals surface area contributed by atoms with Gasteiger partial charge in [-0.15, -0.1) is 0 Å². The minimum Gasteiger partial charge on any atom is -0.394 e. The molecule has 2 rings (SSSR count). The lowest BCUT2D eigenvalue weighted by molar-refractivity contribution is -0.124. The zero-order valence-corrected chi connectivity index (χ0v) is 13.3. The Balaban J connectivity index is 1.69. The van der Waals surface area contributed by atoms with Crippen LogP contribution in [0.15, 0.2) is 36.8 Å². The lowest BCUT2D eigenvalue weighted by atomic mass is 10.2. The number of rotatable bonds is 9. The van der Waals surface area contributed by atoms with Crippen molar-refractivity contribution in [2.75, 3.05) is 13.2 Å². The SMILES string of the molecule is Cn1ccnc1CCCNC(=O)C(CO)NCc1ccccn1. The molecule has 1 unspecified atom stereocenters. The van der Waals surface area contributed by atoms with Gasteiger partial charge in [0.15, 0.2) is 0 Å². The number of nitrogens with zero attached hydrogens (tertiary/aromatic N) is 3. The molecule has 0 spiro atoms. The molecular weight excluding hydrogens is 294 g/mol. The summed E-state index contributed by atoms with van der Waals surface area (Å²) in [7, 11) is 1.95. The van der Waals surface area contributed by atoms with Crippen LogP contribution in [0.1, 0.15) is 17.9 Å². The van der Waals surface area contributed by atoms with Gasteiger partial charge in [0, 0.05) is 45.1 Å². The largest absolute Gasteiger partial charge is 0.394 e. The van der Waals surface area contributed by atoms with Gasteiger partial charge >= 0.3 is 0 Å². The highest BCUT2D eigenvalue weighted by Gasteiger charge is 2.16. The number of aliphatic hydroxyl groups is 1. The molecule has 7 nitrogen and oxygen atoms in total. The number of hydrogen-bond acceptors (Lipinski definition) is 5. The molecule has 0 bridgehead atoms. The van der Waals surface area contributed by atoms with Gasteiger partial charge in [-0.2, -0.15) is 0 Å². The van der Waals surface area contributed by atoms with Gasteiger partial charge in [-0.05, 0) is 18.6 Å². The van der Waals surface area contributed by atoms with E-state index in [9.17, 15) is 9.90 Å². The van der Waals surface area contributed by atoms with Gasteiger partial charge < -0.3 is 15.0 Å². The van der Waals surface area contributed by atoms with E-state index in [1.54, 1.807) is 12.4 Å². The lowest BCUT2D eigenvalue weighted by Gasteiger charge is -2.16. The molecule has 0 fully saturated rings. The predicted octanol–water partition coefficient (Wildman–Crippen LogP) is 0.0146. The molecule has 0 saturated carbocycles.